The first-order valence-electron chi connectivity index (χ1n) is 12.9. The lowest BCUT2D eigenvalue weighted by Crippen LogP contribution is -2.30. The molecule has 0 radical (unpaired) electrons. The molecule has 5 aromatic rings. The van der Waals surface area contributed by atoms with Crippen molar-refractivity contribution in [1.82, 2.24) is 0 Å². The molecule has 37 heavy (non-hydrogen) atoms. The summed E-state index contributed by atoms with van der Waals surface area (Å²) in [6, 6.07) is 29.7. The van der Waals surface area contributed by atoms with Crippen molar-refractivity contribution in [3.63, 3.8) is 0 Å². The molecule has 1 aliphatic carbocycles. The minimum Gasteiger partial charge on any atom is -0.497 e. The van der Waals surface area contributed by atoms with Gasteiger partial charge in [-0.2, -0.15) is 0 Å². The number of benzene rings is 4. The zero-order valence-corrected chi connectivity index (χ0v) is 22.4. The molecule has 0 unspecified atom stereocenters. The summed E-state index contributed by atoms with van der Waals surface area (Å²) in [6.45, 7) is 4.08. The summed E-state index contributed by atoms with van der Waals surface area (Å²) in [5, 5.41) is 2.61. The van der Waals surface area contributed by atoms with Gasteiger partial charge in [-0.15, -0.1) is 0 Å². The Hall–Kier alpha value is -3.63. The van der Waals surface area contributed by atoms with E-state index in [9.17, 15) is 4.79 Å². The normalized spacial score (nSPS) is 14.8. The molecule has 1 heterocycles. The number of ether oxygens (including phenoxy) is 2. The molecule has 0 amide bonds. The van der Waals surface area contributed by atoms with Crippen molar-refractivity contribution in [3.8, 4) is 10.6 Å². The predicted molar refractivity (Wildman–Crippen MR) is 153 cm³/mol. The predicted octanol–water partition coefficient (Wildman–Crippen LogP) is 8.98. The van der Waals surface area contributed by atoms with Crippen molar-refractivity contribution < 1.29 is 14.3 Å². The second kappa shape index (κ2) is 9.35. The average Bonchev–Trinajstić information content (AvgIpc) is 3.52. The van der Waals surface area contributed by atoms with Crippen LogP contribution in [0.1, 0.15) is 52.7 Å². The molecule has 1 aromatic heterocycles. The third-order valence-electron chi connectivity index (χ3n) is 7.75. The molecule has 0 spiro atoms. The van der Waals surface area contributed by atoms with Gasteiger partial charge in [0.15, 0.2) is 14.3 Å². The first-order valence-corrected chi connectivity index (χ1v) is 14.1. The highest BCUT2D eigenvalue weighted by atomic mass is 32.2. The lowest BCUT2D eigenvalue weighted by atomic mass is 9.91. The fourth-order valence-corrected chi connectivity index (χ4v) is 8.56. The quantitative estimate of drug-likeness (QED) is 0.176. The Morgan fingerprint density at radius 1 is 0.784 bits per heavy atom. The summed E-state index contributed by atoms with van der Waals surface area (Å²) in [6.07, 6.45) is 3.75. The number of hydrogen-bond acceptors (Lipinski definition) is 3. The molecular formula is C33H31O3S+. The fourth-order valence-electron chi connectivity index (χ4n) is 6.00. The van der Waals surface area contributed by atoms with Crippen LogP contribution in [0.4, 0.5) is 0 Å². The van der Waals surface area contributed by atoms with Gasteiger partial charge in [-0.3, -0.25) is 0 Å². The second-order valence-electron chi connectivity index (χ2n) is 10.1. The Balaban J connectivity index is 1.41. The number of fused-ring (bicyclic) bond motifs is 3. The first kappa shape index (κ1) is 23.7. The SMILES string of the molecule is COc1cccc(C2(OC(=O)c3c(C)cc(-[s+]4c5ccccc5c5ccccc54)cc3C)CCCC2)c1. The molecule has 0 bridgehead atoms. The van der Waals surface area contributed by atoms with Crippen LogP contribution in [0.5, 0.6) is 5.75 Å². The Bertz CT molecular complexity index is 1560. The molecular weight excluding hydrogens is 476 g/mol. The van der Waals surface area contributed by atoms with E-state index in [0.717, 1.165) is 48.1 Å². The fraction of sp³-hybridized carbons (Fsp3) is 0.242. The summed E-state index contributed by atoms with van der Waals surface area (Å²) >= 11 is 0. The highest BCUT2D eigenvalue weighted by Gasteiger charge is 2.40. The van der Waals surface area contributed by atoms with E-state index in [2.05, 4.69) is 66.7 Å². The van der Waals surface area contributed by atoms with Crippen molar-refractivity contribution in [1.29, 1.82) is 0 Å². The minimum atomic E-state index is -0.603. The van der Waals surface area contributed by atoms with E-state index in [4.69, 9.17) is 9.47 Å². The number of thiophene rings is 1. The van der Waals surface area contributed by atoms with Crippen LogP contribution in [-0.4, -0.2) is 13.1 Å². The molecule has 4 aromatic carbocycles. The smallest absolute Gasteiger partial charge is 0.339 e. The zero-order valence-electron chi connectivity index (χ0n) is 21.5. The molecule has 0 aliphatic heterocycles. The molecule has 4 heteroatoms. The summed E-state index contributed by atoms with van der Waals surface area (Å²) < 4.78 is 14.6. The lowest BCUT2D eigenvalue weighted by Gasteiger charge is -2.30. The van der Waals surface area contributed by atoms with Gasteiger partial charge in [-0.25, -0.2) is 4.79 Å². The number of carbonyl (C=O) groups is 1. The molecule has 1 aliphatic rings. The van der Waals surface area contributed by atoms with Gasteiger partial charge >= 0.3 is 5.97 Å². The average molecular weight is 508 g/mol. The van der Waals surface area contributed by atoms with Gasteiger partial charge in [-0.1, -0.05) is 36.4 Å². The number of esters is 1. The van der Waals surface area contributed by atoms with Crippen LogP contribution in [0.15, 0.2) is 84.9 Å². The van der Waals surface area contributed by atoms with E-state index in [-0.39, 0.29) is 16.4 Å². The van der Waals surface area contributed by atoms with Crippen molar-refractivity contribution in [2.45, 2.75) is 45.1 Å². The molecule has 6 rings (SSSR count). The molecule has 186 valence electrons. The molecule has 1 fully saturated rings. The lowest BCUT2D eigenvalue weighted by molar-refractivity contribution is -0.0186. The van der Waals surface area contributed by atoms with Crippen LogP contribution in [0.3, 0.4) is 0 Å². The number of methoxy groups -OCH3 is 1. The summed E-state index contributed by atoms with van der Waals surface area (Å²) in [7, 11) is 1.47. The zero-order chi connectivity index (χ0) is 25.6. The van der Waals surface area contributed by atoms with E-state index in [0.29, 0.717) is 5.56 Å². The van der Waals surface area contributed by atoms with Gasteiger partial charge in [-0.05, 0) is 92.6 Å². The van der Waals surface area contributed by atoms with Crippen LogP contribution in [-0.2, 0) is 10.3 Å². The van der Waals surface area contributed by atoms with E-state index < -0.39 is 5.60 Å². The molecule has 0 N–H and O–H groups in total. The van der Waals surface area contributed by atoms with Gasteiger partial charge in [0.1, 0.15) is 11.4 Å². The van der Waals surface area contributed by atoms with Gasteiger partial charge in [0, 0.05) is 33.4 Å². The van der Waals surface area contributed by atoms with E-state index in [1.807, 2.05) is 32.0 Å². The van der Waals surface area contributed by atoms with Crippen LogP contribution in [0, 0.1) is 13.8 Å². The van der Waals surface area contributed by atoms with Crippen LogP contribution in [0.25, 0.3) is 25.1 Å². The van der Waals surface area contributed by atoms with Gasteiger partial charge < -0.3 is 9.47 Å². The molecule has 3 nitrogen and oxygen atoms in total. The van der Waals surface area contributed by atoms with Crippen molar-refractivity contribution in [2.24, 2.45) is 0 Å². The van der Waals surface area contributed by atoms with Crippen molar-refractivity contribution >= 4 is 36.6 Å². The number of aryl methyl sites for hydroxylation is 2. The number of hydrogen-bond donors (Lipinski definition) is 0. The maximum absolute atomic E-state index is 13.8. The first-order chi connectivity index (χ1) is 18.0. The Morgan fingerprint density at radius 2 is 1.38 bits per heavy atom. The molecule has 0 atom stereocenters. The Kier molecular flexibility index (Phi) is 6.00. The second-order valence-corrected chi connectivity index (χ2v) is 12.0. The van der Waals surface area contributed by atoms with Crippen molar-refractivity contribution in [2.75, 3.05) is 7.11 Å². The molecule has 0 saturated heterocycles. The number of rotatable bonds is 5. The van der Waals surface area contributed by atoms with E-state index in [1.54, 1.807) is 7.11 Å². The molecule has 1 saturated carbocycles. The van der Waals surface area contributed by atoms with Crippen LogP contribution in [0.2, 0.25) is 0 Å². The monoisotopic (exact) mass is 507 g/mol. The van der Waals surface area contributed by atoms with Crippen molar-refractivity contribution in [3.05, 3.63) is 107 Å². The minimum absolute atomic E-state index is 0.194. The topological polar surface area (TPSA) is 35.5 Å². The van der Waals surface area contributed by atoms with Gasteiger partial charge in [0.2, 0.25) is 0 Å². The largest absolute Gasteiger partial charge is 0.497 e. The van der Waals surface area contributed by atoms with E-state index >= 15 is 0 Å². The maximum atomic E-state index is 13.8. The Morgan fingerprint density at radius 3 is 1.97 bits per heavy atom. The third kappa shape index (κ3) is 4.00. The van der Waals surface area contributed by atoms with Gasteiger partial charge in [0.25, 0.3) is 0 Å². The number of carbonyl (C=O) groups excluding carboxylic acids is 1. The highest BCUT2D eigenvalue weighted by molar-refractivity contribution is 7.50. The van der Waals surface area contributed by atoms with Gasteiger partial charge in [0.05, 0.1) is 12.7 Å². The van der Waals surface area contributed by atoms with Crippen LogP contribution >= 0.6 is 10.5 Å². The Labute approximate surface area is 220 Å². The highest BCUT2D eigenvalue weighted by Crippen LogP contribution is 2.49. The maximum Gasteiger partial charge on any atom is 0.339 e. The van der Waals surface area contributed by atoms with Crippen LogP contribution < -0.4 is 4.74 Å². The third-order valence-corrected chi connectivity index (χ3v) is 10.0. The summed E-state index contributed by atoms with van der Waals surface area (Å²) in [5.41, 5.74) is 3.03. The summed E-state index contributed by atoms with van der Waals surface area (Å²) in [4.78, 5) is 15.0. The standard InChI is InChI=1S/C33H31O3S/c1-22-19-26(37-29-15-6-4-13-27(29)28-14-5-7-16-30(28)37)20-23(2)31(22)32(34)36-33(17-8-9-18-33)24-11-10-12-25(21-24)35-3/h4-7,10-16,19-21H,8-9,17-18H2,1-3H3/q+1. The summed E-state index contributed by atoms with van der Waals surface area (Å²) in [5.74, 6) is 0.552. The van der Waals surface area contributed by atoms with E-state index in [1.165, 1.54) is 25.1 Å².